The molecule has 12 heteroatoms. The van der Waals surface area contributed by atoms with Gasteiger partial charge in [0.05, 0.1) is 6.04 Å². The quantitative estimate of drug-likeness (QED) is 0.493. The Balaban J connectivity index is 1.64. The van der Waals surface area contributed by atoms with Crippen LogP contribution in [0.25, 0.3) is 0 Å². The van der Waals surface area contributed by atoms with E-state index in [0.717, 1.165) is 13.1 Å². The average Bonchev–Trinajstić information content (AvgIpc) is 2.72. The first-order valence-electron chi connectivity index (χ1n) is 7.38. The van der Waals surface area contributed by atoms with E-state index in [1.165, 1.54) is 4.90 Å². The second kappa shape index (κ2) is 6.20. The van der Waals surface area contributed by atoms with E-state index in [2.05, 4.69) is 15.0 Å². The van der Waals surface area contributed by atoms with Crippen LogP contribution >= 0.6 is 0 Å². The summed E-state index contributed by atoms with van der Waals surface area (Å²) in [5.74, 6) is -0.299. The maximum atomic E-state index is 12.4. The highest BCUT2D eigenvalue weighted by Gasteiger charge is 2.49. The Morgan fingerprint density at radius 3 is 2.65 bits per heavy atom. The number of nitrogens with one attached hydrogen (secondary N) is 2. The number of nitrogens with zero attached hydrogens (tertiary/aromatic N) is 3. The third kappa shape index (κ3) is 3.55. The second-order valence-corrected chi connectivity index (χ2v) is 6.73. The average molecular weight is 349 g/mol. The van der Waals surface area contributed by atoms with Crippen molar-refractivity contribution in [1.29, 1.82) is 0 Å². The van der Waals surface area contributed by atoms with Gasteiger partial charge in [-0.15, -0.1) is 4.28 Å². The molecule has 0 aliphatic carbocycles. The Kier molecular flexibility index (Phi) is 4.42. The molecule has 3 heterocycles. The summed E-state index contributed by atoms with van der Waals surface area (Å²) < 4.78 is 34.7. The first-order chi connectivity index (χ1) is 10.8. The fraction of sp³-hybridized carbons (Fsp3) is 0.818. The Bertz CT molecular complexity index is 592. The summed E-state index contributed by atoms with van der Waals surface area (Å²) in [5, 5.41) is 5.59. The Labute approximate surface area is 133 Å². The number of rotatable bonds is 4. The molecule has 2 atom stereocenters. The second-order valence-electron chi connectivity index (χ2n) is 5.72. The van der Waals surface area contributed by atoms with Gasteiger partial charge < -0.3 is 10.2 Å². The molecule has 3 aliphatic rings. The van der Waals surface area contributed by atoms with Gasteiger partial charge in [-0.25, -0.2) is 9.80 Å². The number of hydroxylamine groups is 2. The maximum absolute atomic E-state index is 12.4. The lowest BCUT2D eigenvalue weighted by Crippen LogP contribution is -2.57. The van der Waals surface area contributed by atoms with Crippen molar-refractivity contribution >= 4 is 22.3 Å². The van der Waals surface area contributed by atoms with Crippen molar-refractivity contribution in [3.63, 3.8) is 0 Å². The molecule has 3 N–H and O–H groups in total. The summed E-state index contributed by atoms with van der Waals surface area (Å²) in [7, 11) is -4.78. The predicted molar refractivity (Wildman–Crippen MR) is 76.0 cm³/mol. The molecule has 3 saturated heterocycles. The van der Waals surface area contributed by atoms with E-state index < -0.39 is 28.5 Å². The van der Waals surface area contributed by atoms with Crippen LogP contribution in [-0.4, -0.2) is 84.7 Å². The standard InChI is InChI=1S/C11H19N5O6S/c17-10(13-14-5-3-12-4-6-14)9-2-1-8-7-15(9)11(18)16(8)22-23(19,20)21/h8-9,12H,1-7H2,(H,13,17)(H,19,20,21)/t8?,9-/m0/s1. The first kappa shape index (κ1) is 16.4. The molecular formula is C11H19N5O6S. The molecular weight excluding hydrogens is 330 g/mol. The zero-order valence-corrected chi connectivity index (χ0v) is 13.2. The summed E-state index contributed by atoms with van der Waals surface area (Å²) in [5.41, 5.74) is 2.79. The van der Waals surface area contributed by atoms with Crippen molar-refractivity contribution in [2.24, 2.45) is 0 Å². The monoisotopic (exact) mass is 349 g/mol. The number of piperazine rings is 1. The molecule has 23 heavy (non-hydrogen) atoms. The van der Waals surface area contributed by atoms with Crippen LogP contribution < -0.4 is 10.7 Å². The zero-order chi connectivity index (χ0) is 16.6. The van der Waals surface area contributed by atoms with Gasteiger partial charge in [-0.2, -0.15) is 13.5 Å². The number of urea groups is 1. The van der Waals surface area contributed by atoms with E-state index in [-0.39, 0.29) is 12.5 Å². The van der Waals surface area contributed by atoms with E-state index in [4.69, 9.17) is 4.55 Å². The minimum absolute atomic E-state index is 0.188. The van der Waals surface area contributed by atoms with E-state index >= 15 is 0 Å². The van der Waals surface area contributed by atoms with E-state index in [9.17, 15) is 18.0 Å². The Morgan fingerprint density at radius 1 is 1.30 bits per heavy atom. The van der Waals surface area contributed by atoms with Crippen LogP contribution in [0.4, 0.5) is 4.79 Å². The smallest absolute Gasteiger partial charge is 0.314 e. The number of hydrogen-bond acceptors (Lipinski definition) is 7. The number of hydrogen-bond donors (Lipinski definition) is 3. The molecule has 1 unspecified atom stereocenters. The fourth-order valence-corrected chi connectivity index (χ4v) is 3.50. The molecule has 130 valence electrons. The molecule has 0 radical (unpaired) electrons. The van der Waals surface area contributed by atoms with Crippen LogP contribution in [0.1, 0.15) is 12.8 Å². The van der Waals surface area contributed by atoms with Crippen LogP contribution in [0.2, 0.25) is 0 Å². The maximum Gasteiger partial charge on any atom is 0.418 e. The normalized spacial score (nSPS) is 29.0. The van der Waals surface area contributed by atoms with Crippen molar-refractivity contribution in [1.82, 2.24) is 25.7 Å². The summed E-state index contributed by atoms with van der Waals surface area (Å²) in [6, 6.07) is -1.90. The highest BCUT2D eigenvalue weighted by atomic mass is 32.3. The van der Waals surface area contributed by atoms with Crippen LogP contribution in [0, 0.1) is 0 Å². The van der Waals surface area contributed by atoms with E-state index in [1.54, 1.807) is 5.01 Å². The van der Waals surface area contributed by atoms with Gasteiger partial charge >= 0.3 is 16.4 Å². The Morgan fingerprint density at radius 2 is 2.00 bits per heavy atom. The molecule has 11 nitrogen and oxygen atoms in total. The number of amides is 3. The number of carbonyl (C=O) groups is 2. The highest BCUT2D eigenvalue weighted by molar-refractivity contribution is 7.80. The van der Waals surface area contributed by atoms with Gasteiger partial charge in [0.25, 0.3) is 5.91 Å². The highest BCUT2D eigenvalue weighted by Crippen LogP contribution is 2.30. The molecule has 2 bridgehead atoms. The zero-order valence-electron chi connectivity index (χ0n) is 12.3. The number of fused-ring (bicyclic) bond motifs is 2. The third-order valence-corrected chi connectivity index (χ3v) is 4.53. The molecule has 3 fully saturated rings. The fourth-order valence-electron chi connectivity index (χ4n) is 3.11. The largest absolute Gasteiger partial charge is 0.418 e. The molecule has 3 amide bonds. The first-order valence-corrected chi connectivity index (χ1v) is 8.74. The SMILES string of the molecule is O=C(NN1CCNCC1)[C@@H]1CCC2CN1C(=O)N2OS(=O)(=O)O. The number of hydrazine groups is 1. The molecule has 0 spiro atoms. The van der Waals surface area contributed by atoms with Gasteiger partial charge in [0.15, 0.2) is 0 Å². The summed E-state index contributed by atoms with van der Waals surface area (Å²) in [4.78, 5) is 25.9. The lowest BCUT2D eigenvalue weighted by molar-refractivity contribution is -0.131. The Hall–Kier alpha value is -1.47. The van der Waals surface area contributed by atoms with Gasteiger partial charge in [0.1, 0.15) is 6.04 Å². The van der Waals surface area contributed by atoms with Gasteiger partial charge in [-0.3, -0.25) is 14.8 Å². The van der Waals surface area contributed by atoms with Crippen molar-refractivity contribution in [2.75, 3.05) is 32.7 Å². The van der Waals surface area contributed by atoms with Crippen molar-refractivity contribution in [3.8, 4) is 0 Å². The number of piperidine rings is 1. The molecule has 0 aromatic rings. The summed E-state index contributed by atoms with van der Waals surface area (Å²) in [6.45, 7) is 3.07. The van der Waals surface area contributed by atoms with Crippen LogP contribution in [0.3, 0.4) is 0 Å². The van der Waals surface area contributed by atoms with Gasteiger partial charge in [0.2, 0.25) is 0 Å². The van der Waals surface area contributed by atoms with Gasteiger partial charge in [-0.1, -0.05) is 0 Å². The van der Waals surface area contributed by atoms with Crippen molar-refractivity contribution < 1.29 is 26.8 Å². The minimum Gasteiger partial charge on any atom is -0.314 e. The van der Waals surface area contributed by atoms with Crippen LogP contribution in [0.5, 0.6) is 0 Å². The molecule has 0 saturated carbocycles. The topological polar surface area (TPSA) is 132 Å². The summed E-state index contributed by atoms with van der Waals surface area (Å²) >= 11 is 0. The minimum atomic E-state index is -4.78. The molecule has 0 aromatic heterocycles. The molecule has 3 aliphatic heterocycles. The molecule has 3 rings (SSSR count). The van der Waals surface area contributed by atoms with E-state index in [1.807, 2.05) is 0 Å². The van der Waals surface area contributed by atoms with Crippen molar-refractivity contribution in [3.05, 3.63) is 0 Å². The molecule has 0 aromatic carbocycles. The predicted octanol–water partition coefficient (Wildman–Crippen LogP) is -2.07. The van der Waals surface area contributed by atoms with Crippen LogP contribution in [0.15, 0.2) is 0 Å². The van der Waals surface area contributed by atoms with Crippen molar-refractivity contribution in [2.45, 2.75) is 24.9 Å². The lowest BCUT2D eigenvalue weighted by atomic mass is 10.0. The van der Waals surface area contributed by atoms with E-state index in [0.29, 0.717) is 31.0 Å². The van der Waals surface area contributed by atoms with Gasteiger partial charge in [0, 0.05) is 32.7 Å². The number of carbonyl (C=O) groups excluding carboxylic acids is 2. The third-order valence-electron chi connectivity index (χ3n) is 4.19. The van der Waals surface area contributed by atoms with Crippen LogP contribution in [-0.2, 0) is 19.5 Å². The van der Waals surface area contributed by atoms with Gasteiger partial charge in [-0.05, 0) is 12.8 Å². The summed E-state index contributed by atoms with van der Waals surface area (Å²) in [6.07, 6.45) is 0.817. The lowest BCUT2D eigenvalue weighted by Gasteiger charge is -2.33.